The molecule has 0 aromatic carbocycles. The first-order valence-electron chi connectivity index (χ1n) is 4.11. The predicted molar refractivity (Wildman–Crippen MR) is 47.2 cm³/mol. The Bertz CT molecular complexity index is 90.9. The summed E-state index contributed by atoms with van der Waals surface area (Å²) >= 11 is 0. The molecule has 0 amide bonds. The van der Waals surface area contributed by atoms with E-state index in [2.05, 4.69) is 32.2 Å². The predicted octanol–water partition coefficient (Wildman–Crippen LogP) is 2.34. The molecule has 10 heavy (non-hydrogen) atoms. The highest BCUT2D eigenvalue weighted by Crippen LogP contribution is 1.90. The summed E-state index contributed by atoms with van der Waals surface area (Å²) < 4.78 is 0. The minimum absolute atomic E-state index is 1.12. The maximum absolute atomic E-state index is 3.35. The summed E-state index contributed by atoms with van der Waals surface area (Å²) in [6.07, 6.45) is 4.67. The molecule has 0 saturated carbocycles. The largest absolute Gasteiger partial charge is 0.316 e. The summed E-state index contributed by atoms with van der Waals surface area (Å²) in [6.45, 7) is 8.74. The maximum atomic E-state index is 3.35. The minimum Gasteiger partial charge on any atom is -0.316 e. The average molecular weight is 141 g/mol. The van der Waals surface area contributed by atoms with Crippen molar-refractivity contribution in [2.75, 3.05) is 13.1 Å². The lowest BCUT2D eigenvalue weighted by Crippen LogP contribution is -2.15. The van der Waals surface area contributed by atoms with Crippen LogP contribution in [-0.4, -0.2) is 13.1 Å². The molecule has 0 atom stereocenters. The number of allylic oxidation sites excluding steroid dienone is 1. The Morgan fingerprint density at radius 2 is 2.00 bits per heavy atom. The van der Waals surface area contributed by atoms with E-state index in [1.54, 1.807) is 0 Å². The number of hydrogen-bond donors (Lipinski definition) is 1. The zero-order valence-electron chi connectivity index (χ0n) is 7.41. The standard InChI is InChI=1S/C9H19N/c1-4-7-10-8-5-6-9(2)3/h6,10H,4-5,7-8H2,1-3H3. The number of rotatable bonds is 5. The normalized spacial score (nSPS) is 9.50. The lowest BCUT2D eigenvalue weighted by Gasteiger charge is -1.98. The first kappa shape index (κ1) is 9.70. The molecule has 0 bridgehead atoms. The highest BCUT2D eigenvalue weighted by Gasteiger charge is 1.81. The molecular formula is C9H19N. The smallest absolute Gasteiger partial charge is 0.00142 e. The van der Waals surface area contributed by atoms with Crippen molar-refractivity contribution in [3.05, 3.63) is 11.6 Å². The topological polar surface area (TPSA) is 12.0 Å². The summed E-state index contributed by atoms with van der Waals surface area (Å²) in [5.41, 5.74) is 1.42. The molecule has 60 valence electrons. The van der Waals surface area contributed by atoms with Gasteiger partial charge >= 0.3 is 0 Å². The van der Waals surface area contributed by atoms with Crippen molar-refractivity contribution >= 4 is 0 Å². The van der Waals surface area contributed by atoms with Gasteiger partial charge < -0.3 is 5.32 Å². The molecule has 1 heteroatoms. The summed E-state index contributed by atoms with van der Waals surface area (Å²) in [6, 6.07) is 0. The molecule has 0 aliphatic rings. The van der Waals surface area contributed by atoms with Gasteiger partial charge in [-0.1, -0.05) is 18.6 Å². The average Bonchev–Trinajstić information content (AvgIpc) is 1.87. The molecule has 1 N–H and O–H groups in total. The second kappa shape index (κ2) is 6.81. The molecule has 0 aromatic rings. The summed E-state index contributed by atoms with van der Waals surface area (Å²) in [4.78, 5) is 0. The van der Waals surface area contributed by atoms with Gasteiger partial charge in [0, 0.05) is 0 Å². The lowest BCUT2D eigenvalue weighted by atomic mass is 10.3. The van der Waals surface area contributed by atoms with E-state index in [1.807, 2.05) is 0 Å². The zero-order valence-corrected chi connectivity index (χ0v) is 7.41. The van der Waals surface area contributed by atoms with Crippen LogP contribution in [0.25, 0.3) is 0 Å². The Kier molecular flexibility index (Phi) is 6.61. The van der Waals surface area contributed by atoms with E-state index in [0.717, 1.165) is 13.1 Å². The molecule has 0 unspecified atom stereocenters. The van der Waals surface area contributed by atoms with Gasteiger partial charge in [-0.15, -0.1) is 0 Å². The minimum atomic E-state index is 1.12. The first-order valence-corrected chi connectivity index (χ1v) is 4.11. The molecule has 0 fully saturated rings. The summed E-state index contributed by atoms with van der Waals surface area (Å²) in [7, 11) is 0. The Balaban J connectivity index is 2.98. The van der Waals surface area contributed by atoms with Crippen LogP contribution in [0.3, 0.4) is 0 Å². The third kappa shape index (κ3) is 7.70. The quantitative estimate of drug-likeness (QED) is 0.458. The molecule has 0 heterocycles. The van der Waals surface area contributed by atoms with Crippen molar-refractivity contribution < 1.29 is 0 Å². The second-order valence-corrected chi connectivity index (χ2v) is 2.82. The van der Waals surface area contributed by atoms with Crippen LogP contribution >= 0.6 is 0 Å². The van der Waals surface area contributed by atoms with Gasteiger partial charge in [0.2, 0.25) is 0 Å². The van der Waals surface area contributed by atoms with Crippen LogP contribution in [0.1, 0.15) is 33.6 Å². The van der Waals surface area contributed by atoms with E-state index in [-0.39, 0.29) is 0 Å². The molecule has 0 saturated heterocycles. The molecular weight excluding hydrogens is 122 g/mol. The van der Waals surface area contributed by atoms with Gasteiger partial charge in [-0.3, -0.25) is 0 Å². The highest BCUT2D eigenvalue weighted by atomic mass is 14.8. The van der Waals surface area contributed by atoms with Gasteiger partial charge in [0.15, 0.2) is 0 Å². The Labute approximate surface area is 64.5 Å². The van der Waals surface area contributed by atoms with E-state index in [1.165, 1.54) is 18.4 Å². The van der Waals surface area contributed by atoms with E-state index in [9.17, 15) is 0 Å². The molecule has 0 rings (SSSR count). The van der Waals surface area contributed by atoms with Gasteiger partial charge in [-0.05, 0) is 39.8 Å². The van der Waals surface area contributed by atoms with Crippen LogP contribution in [0.5, 0.6) is 0 Å². The lowest BCUT2D eigenvalue weighted by molar-refractivity contribution is 0.677. The molecule has 0 aromatic heterocycles. The fraction of sp³-hybridized carbons (Fsp3) is 0.778. The van der Waals surface area contributed by atoms with Gasteiger partial charge in [-0.2, -0.15) is 0 Å². The van der Waals surface area contributed by atoms with E-state index in [0.29, 0.717) is 0 Å². The summed E-state index contributed by atoms with van der Waals surface area (Å²) in [5, 5.41) is 3.35. The monoisotopic (exact) mass is 141 g/mol. The molecule has 0 aliphatic heterocycles. The maximum Gasteiger partial charge on any atom is -0.00142 e. The van der Waals surface area contributed by atoms with Gasteiger partial charge in [0.1, 0.15) is 0 Å². The molecule has 1 nitrogen and oxygen atoms in total. The van der Waals surface area contributed by atoms with Crippen LogP contribution in [-0.2, 0) is 0 Å². The fourth-order valence-electron chi connectivity index (χ4n) is 0.765. The van der Waals surface area contributed by atoms with Crippen molar-refractivity contribution in [2.45, 2.75) is 33.6 Å². The molecule has 0 radical (unpaired) electrons. The Morgan fingerprint density at radius 3 is 2.50 bits per heavy atom. The van der Waals surface area contributed by atoms with E-state index < -0.39 is 0 Å². The van der Waals surface area contributed by atoms with Crippen LogP contribution in [0, 0.1) is 0 Å². The molecule has 0 spiro atoms. The van der Waals surface area contributed by atoms with Crippen molar-refractivity contribution in [3.63, 3.8) is 0 Å². The highest BCUT2D eigenvalue weighted by molar-refractivity contribution is 4.92. The number of hydrogen-bond acceptors (Lipinski definition) is 1. The van der Waals surface area contributed by atoms with Crippen molar-refractivity contribution in [2.24, 2.45) is 0 Å². The Hall–Kier alpha value is -0.300. The van der Waals surface area contributed by atoms with Crippen LogP contribution in [0.4, 0.5) is 0 Å². The van der Waals surface area contributed by atoms with Crippen LogP contribution in [0.15, 0.2) is 11.6 Å². The zero-order chi connectivity index (χ0) is 7.82. The van der Waals surface area contributed by atoms with Crippen molar-refractivity contribution in [3.8, 4) is 0 Å². The van der Waals surface area contributed by atoms with E-state index >= 15 is 0 Å². The van der Waals surface area contributed by atoms with Crippen LogP contribution in [0.2, 0.25) is 0 Å². The van der Waals surface area contributed by atoms with Gasteiger partial charge in [0.25, 0.3) is 0 Å². The van der Waals surface area contributed by atoms with E-state index in [4.69, 9.17) is 0 Å². The first-order chi connectivity index (χ1) is 4.77. The van der Waals surface area contributed by atoms with Crippen molar-refractivity contribution in [1.82, 2.24) is 5.32 Å². The Morgan fingerprint density at radius 1 is 1.30 bits per heavy atom. The second-order valence-electron chi connectivity index (χ2n) is 2.82. The number of nitrogens with one attached hydrogen (secondary N) is 1. The third-order valence-corrected chi connectivity index (χ3v) is 1.30. The van der Waals surface area contributed by atoms with Gasteiger partial charge in [0.05, 0.1) is 0 Å². The fourth-order valence-corrected chi connectivity index (χ4v) is 0.765. The SMILES string of the molecule is CCCNCCC=C(C)C. The van der Waals surface area contributed by atoms with Crippen LogP contribution < -0.4 is 5.32 Å². The van der Waals surface area contributed by atoms with Gasteiger partial charge in [-0.25, -0.2) is 0 Å². The molecule has 0 aliphatic carbocycles. The van der Waals surface area contributed by atoms with Crippen molar-refractivity contribution in [1.29, 1.82) is 0 Å². The third-order valence-electron chi connectivity index (χ3n) is 1.30. The summed E-state index contributed by atoms with van der Waals surface area (Å²) in [5.74, 6) is 0.